The van der Waals surface area contributed by atoms with Gasteiger partial charge in [0.15, 0.2) is 5.82 Å². The van der Waals surface area contributed by atoms with Crippen LogP contribution in [0.3, 0.4) is 0 Å². The van der Waals surface area contributed by atoms with Gasteiger partial charge in [0, 0.05) is 25.4 Å². The van der Waals surface area contributed by atoms with Crippen LogP contribution in [-0.4, -0.2) is 43.7 Å². The van der Waals surface area contributed by atoms with Gasteiger partial charge in [-0.2, -0.15) is 13.5 Å². The van der Waals surface area contributed by atoms with Crippen LogP contribution in [0.15, 0.2) is 24.5 Å². The Labute approximate surface area is 149 Å². The molecule has 0 unspecified atom stereocenters. The molecule has 0 N–H and O–H groups in total. The fourth-order valence-electron chi connectivity index (χ4n) is 2.71. The van der Waals surface area contributed by atoms with Gasteiger partial charge in [0.05, 0.1) is 24.0 Å². The van der Waals surface area contributed by atoms with Crippen LogP contribution in [0.4, 0.5) is 23.4 Å². The lowest BCUT2D eigenvalue weighted by molar-refractivity contribution is -0.0266. The minimum Gasteiger partial charge on any atom is -0.342 e. The molecule has 0 bridgehead atoms. The van der Waals surface area contributed by atoms with Crippen molar-refractivity contribution in [1.29, 1.82) is 0 Å². The van der Waals surface area contributed by atoms with Crippen LogP contribution < -0.4 is 4.90 Å². The van der Waals surface area contributed by atoms with Crippen molar-refractivity contribution in [1.82, 2.24) is 24.7 Å². The van der Waals surface area contributed by atoms with Crippen LogP contribution in [-0.2, 0) is 5.92 Å². The molecule has 1 aliphatic rings. The molecule has 3 aromatic rings. The molecule has 0 radical (unpaired) electrons. The third-order valence-corrected chi connectivity index (χ3v) is 4.15. The Morgan fingerprint density at radius 3 is 2.62 bits per heavy atom. The molecule has 6 nitrogen and oxygen atoms in total. The predicted octanol–water partition coefficient (Wildman–Crippen LogP) is 3.43. The van der Waals surface area contributed by atoms with Crippen molar-refractivity contribution in [3.8, 4) is 5.95 Å². The van der Waals surface area contributed by atoms with Crippen LogP contribution in [0.25, 0.3) is 16.9 Å². The summed E-state index contributed by atoms with van der Waals surface area (Å²) in [6, 6.07) is 2.55. The molecule has 11 heteroatoms. The lowest BCUT2D eigenvalue weighted by Crippen LogP contribution is -2.56. The maximum Gasteiger partial charge on any atom is 0.287 e. The number of hydrogen-bond acceptors (Lipinski definition) is 5. The molecule has 26 heavy (non-hydrogen) atoms. The van der Waals surface area contributed by atoms with Crippen LogP contribution in [0.2, 0.25) is 5.15 Å². The van der Waals surface area contributed by atoms with E-state index in [0.29, 0.717) is 17.8 Å². The summed E-state index contributed by atoms with van der Waals surface area (Å²) in [4.78, 5) is 13.1. The monoisotopic (exact) mass is 386 g/mol. The van der Waals surface area contributed by atoms with Gasteiger partial charge in [-0.3, -0.25) is 0 Å². The zero-order chi connectivity index (χ0) is 18.7. The summed E-state index contributed by atoms with van der Waals surface area (Å²) in [5, 5.41) is 4.83. The second kappa shape index (κ2) is 5.50. The third kappa shape index (κ3) is 2.83. The predicted molar refractivity (Wildman–Crippen MR) is 86.2 cm³/mol. The van der Waals surface area contributed by atoms with Gasteiger partial charge in [-0.1, -0.05) is 11.6 Å². The van der Waals surface area contributed by atoms with Crippen LogP contribution in [0.1, 0.15) is 12.6 Å². The number of rotatable bonds is 3. The van der Waals surface area contributed by atoms with Crippen molar-refractivity contribution >= 4 is 28.3 Å². The average molecular weight is 387 g/mol. The second-order valence-corrected chi connectivity index (χ2v) is 6.49. The number of alkyl halides is 4. The van der Waals surface area contributed by atoms with Crippen LogP contribution in [0, 0.1) is 0 Å². The Morgan fingerprint density at radius 2 is 1.96 bits per heavy atom. The number of aromatic nitrogens is 5. The molecule has 0 saturated carbocycles. The summed E-state index contributed by atoms with van der Waals surface area (Å²) in [6.45, 7) is -0.264. The highest BCUT2D eigenvalue weighted by Crippen LogP contribution is 2.36. The number of fused-ring (bicyclic) bond motifs is 1. The topological polar surface area (TPSA) is 59.7 Å². The first-order valence-electron chi connectivity index (χ1n) is 7.53. The Kier molecular flexibility index (Phi) is 3.59. The van der Waals surface area contributed by atoms with Gasteiger partial charge in [-0.05, 0) is 6.07 Å². The first-order valence-corrected chi connectivity index (χ1v) is 7.91. The lowest BCUT2D eigenvalue weighted by atomic mass is 10.1. The Balaban J connectivity index is 1.87. The highest BCUT2D eigenvalue weighted by atomic mass is 35.5. The fraction of sp³-hybridized carbons (Fsp3) is 0.333. The quantitative estimate of drug-likeness (QED) is 0.510. The summed E-state index contributed by atoms with van der Waals surface area (Å²) < 4.78 is 54.8. The number of halogens is 5. The van der Waals surface area contributed by atoms with Crippen molar-refractivity contribution in [2.45, 2.75) is 18.8 Å². The smallest absolute Gasteiger partial charge is 0.287 e. The summed E-state index contributed by atoms with van der Waals surface area (Å²) in [7, 11) is 0. The van der Waals surface area contributed by atoms with Crippen LogP contribution >= 0.6 is 11.6 Å². The number of nitrogens with zero attached hydrogens (tertiary/aromatic N) is 6. The summed E-state index contributed by atoms with van der Waals surface area (Å²) in [5.41, 5.74) is -0.102. The Hall–Kier alpha value is -2.49. The minimum atomic E-state index is -3.16. The number of pyridine rings is 1. The van der Waals surface area contributed by atoms with Crippen molar-refractivity contribution < 1.29 is 17.6 Å². The van der Waals surface area contributed by atoms with Gasteiger partial charge in [0.2, 0.25) is 0 Å². The highest BCUT2D eigenvalue weighted by Gasteiger charge is 2.45. The molecule has 0 spiro atoms. The molecule has 4 heterocycles. The van der Waals surface area contributed by atoms with Gasteiger partial charge in [0.25, 0.3) is 17.8 Å². The maximum absolute atomic E-state index is 13.6. The zero-order valence-electron chi connectivity index (χ0n) is 13.3. The summed E-state index contributed by atoms with van der Waals surface area (Å²) in [6.07, 6.45) is 2.58. The molecule has 0 amide bonds. The van der Waals surface area contributed by atoms with E-state index in [1.54, 1.807) is 0 Å². The highest BCUT2D eigenvalue weighted by molar-refractivity contribution is 6.30. The molecule has 1 aliphatic heterocycles. The van der Waals surface area contributed by atoms with Gasteiger partial charge >= 0.3 is 0 Å². The molecular formula is C15H11ClF4N6. The minimum absolute atomic E-state index is 0.116. The Morgan fingerprint density at radius 1 is 1.23 bits per heavy atom. The third-order valence-electron chi connectivity index (χ3n) is 3.94. The van der Waals surface area contributed by atoms with Crippen molar-refractivity contribution in [3.05, 3.63) is 35.4 Å². The molecule has 3 aromatic heterocycles. The van der Waals surface area contributed by atoms with Gasteiger partial charge in [0.1, 0.15) is 10.8 Å². The molecule has 0 atom stereocenters. The van der Waals surface area contributed by atoms with Crippen molar-refractivity contribution in [2.24, 2.45) is 0 Å². The number of hydrogen-bond donors (Lipinski definition) is 0. The largest absolute Gasteiger partial charge is 0.342 e. The molecule has 1 fully saturated rings. The normalized spacial score (nSPS) is 16.8. The second-order valence-electron chi connectivity index (χ2n) is 6.10. The van der Waals surface area contributed by atoms with E-state index in [1.165, 1.54) is 28.0 Å². The van der Waals surface area contributed by atoms with Gasteiger partial charge in [-0.15, -0.1) is 5.10 Å². The van der Waals surface area contributed by atoms with Crippen molar-refractivity contribution in [3.63, 3.8) is 0 Å². The fourth-order valence-corrected chi connectivity index (χ4v) is 2.87. The van der Waals surface area contributed by atoms with E-state index in [4.69, 9.17) is 11.6 Å². The van der Waals surface area contributed by atoms with Crippen LogP contribution in [0.5, 0.6) is 0 Å². The Bertz CT molecular complexity index is 991. The van der Waals surface area contributed by atoms with Gasteiger partial charge in [-0.25, -0.2) is 23.7 Å². The average Bonchev–Trinajstić information content (AvgIpc) is 2.90. The van der Waals surface area contributed by atoms with E-state index in [2.05, 4.69) is 20.1 Å². The van der Waals surface area contributed by atoms with Gasteiger partial charge < -0.3 is 4.90 Å². The van der Waals surface area contributed by atoms with E-state index in [1.807, 2.05) is 0 Å². The molecule has 136 valence electrons. The van der Waals surface area contributed by atoms with Crippen molar-refractivity contribution in [2.75, 3.05) is 18.0 Å². The lowest BCUT2D eigenvalue weighted by Gasteiger charge is -2.38. The first-order chi connectivity index (χ1) is 12.1. The standard InChI is InChI=1S/C15H11ClF4N6/c1-14(17,18)10-2-3-21-13(23-10)26-9-4-11(16)22-5-8(9)12(24-26)25-6-15(19,20)7-25/h2-5H,6-7H2,1H3. The van der Waals surface area contributed by atoms with E-state index in [9.17, 15) is 17.6 Å². The molecule has 4 rings (SSSR count). The first kappa shape index (κ1) is 17.0. The molecule has 1 saturated heterocycles. The molecular weight excluding hydrogens is 376 g/mol. The maximum atomic E-state index is 13.6. The summed E-state index contributed by atoms with van der Waals surface area (Å²) >= 11 is 5.92. The van der Waals surface area contributed by atoms with E-state index in [-0.39, 0.29) is 16.9 Å². The SMILES string of the molecule is CC(F)(F)c1ccnc(-n2nc(N3CC(F)(F)C3)c3cnc(Cl)cc32)n1. The van der Waals surface area contributed by atoms with E-state index in [0.717, 1.165) is 6.07 Å². The van der Waals surface area contributed by atoms with E-state index < -0.39 is 30.6 Å². The zero-order valence-corrected chi connectivity index (χ0v) is 14.1. The number of anilines is 1. The van der Waals surface area contributed by atoms with E-state index >= 15 is 0 Å². The molecule has 0 aliphatic carbocycles. The molecule has 0 aromatic carbocycles. The summed E-state index contributed by atoms with van der Waals surface area (Å²) in [5.74, 6) is -5.83.